The van der Waals surface area contributed by atoms with Crippen LogP contribution in [0.2, 0.25) is 0 Å². The Kier molecular flexibility index (Phi) is 3.59. The highest BCUT2D eigenvalue weighted by molar-refractivity contribution is 7.88. The summed E-state index contributed by atoms with van der Waals surface area (Å²) in [5, 5.41) is 0. The number of nitrogens with zero attached hydrogens (tertiary/aromatic N) is 3. The van der Waals surface area contributed by atoms with Crippen molar-refractivity contribution in [2.24, 2.45) is 4.40 Å². The van der Waals surface area contributed by atoms with E-state index < -0.39 is 22.5 Å². The predicted molar refractivity (Wildman–Crippen MR) is 74.7 cm³/mol. The molecular weight excluding hydrogens is 316 g/mol. The van der Waals surface area contributed by atoms with Crippen LogP contribution >= 0.6 is 0 Å². The van der Waals surface area contributed by atoms with Crippen LogP contribution in [0.3, 0.4) is 0 Å². The number of hydrogen-bond acceptors (Lipinski definition) is 4. The second kappa shape index (κ2) is 5.31. The number of benzene rings is 1. The van der Waals surface area contributed by atoms with Gasteiger partial charge >= 0.3 is 10.2 Å². The molecule has 1 saturated heterocycles. The van der Waals surface area contributed by atoms with Gasteiger partial charge in [-0.2, -0.15) is 12.7 Å². The van der Waals surface area contributed by atoms with Gasteiger partial charge in [0.2, 0.25) is 0 Å². The van der Waals surface area contributed by atoms with Crippen LogP contribution < -0.4 is 0 Å². The van der Waals surface area contributed by atoms with E-state index in [0.717, 1.165) is 12.5 Å². The van der Waals surface area contributed by atoms with E-state index in [1.165, 1.54) is 18.2 Å². The summed E-state index contributed by atoms with van der Waals surface area (Å²) < 4.78 is 53.9. The number of halogens is 2. The number of hydrogen-bond donors (Lipinski definition) is 0. The molecule has 1 aromatic carbocycles. The van der Waals surface area contributed by atoms with Gasteiger partial charge in [0.1, 0.15) is 12.5 Å². The maximum atomic E-state index is 12.7. The molecule has 0 aliphatic carbocycles. The van der Waals surface area contributed by atoms with Crippen LogP contribution in [-0.2, 0) is 10.2 Å². The normalized spacial score (nSPS) is 20.0. The number of rotatable bonds is 2. The number of alkyl halides is 2. The molecule has 0 bridgehead atoms. The van der Waals surface area contributed by atoms with Gasteiger partial charge in [-0.25, -0.2) is 8.78 Å². The van der Waals surface area contributed by atoms with Crippen LogP contribution in [0, 0.1) is 0 Å². The molecule has 2 aliphatic rings. The summed E-state index contributed by atoms with van der Waals surface area (Å²) in [4.78, 5) is 14.1. The van der Waals surface area contributed by atoms with Crippen molar-refractivity contribution in [3.8, 4) is 0 Å². The summed E-state index contributed by atoms with van der Waals surface area (Å²) in [7, 11) is -4.12. The van der Waals surface area contributed by atoms with Gasteiger partial charge in [0.15, 0.2) is 0 Å². The van der Waals surface area contributed by atoms with Crippen LogP contribution in [0.4, 0.5) is 8.78 Å². The summed E-state index contributed by atoms with van der Waals surface area (Å²) >= 11 is 0. The van der Waals surface area contributed by atoms with Gasteiger partial charge in [0.25, 0.3) is 12.3 Å². The van der Waals surface area contributed by atoms with Crippen LogP contribution in [0.1, 0.15) is 35.2 Å². The van der Waals surface area contributed by atoms with Crippen molar-refractivity contribution in [2.75, 3.05) is 13.2 Å². The van der Waals surface area contributed by atoms with E-state index in [4.69, 9.17) is 0 Å². The van der Waals surface area contributed by atoms with Gasteiger partial charge in [-0.3, -0.25) is 4.79 Å². The predicted octanol–water partition coefficient (Wildman–Crippen LogP) is 1.78. The van der Waals surface area contributed by atoms with Gasteiger partial charge in [0.05, 0.1) is 0 Å². The van der Waals surface area contributed by atoms with E-state index >= 15 is 0 Å². The van der Waals surface area contributed by atoms with Crippen LogP contribution in [0.15, 0.2) is 28.7 Å². The van der Waals surface area contributed by atoms with Crippen molar-refractivity contribution in [1.82, 2.24) is 9.21 Å². The van der Waals surface area contributed by atoms with Gasteiger partial charge in [-0.05, 0) is 18.6 Å². The standard InChI is InChI=1S/C13H13F2N3O3S/c14-12(15)9-3-1-4-10(7-9)13(19)18-8-17-6-2-5-11(17)16-22(18,20)21/h1,3-4,7,12H,2,5-6,8H2. The fourth-order valence-electron chi connectivity index (χ4n) is 2.50. The van der Waals surface area contributed by atoms with Gasteiger partial charge < -0.3 is 4.90 Å². The number of fused-ring (bicyclic) bond motifs is 1. The molecule has 0 aromatic heterocycles. The van der Waals surface area contributed by atoms with Gasteiger partial charge in [-0.15, -0.1) is 4.40 Å². The van der Waals surface area contributed by atoms with E-state index in [1.807, 2.05) is 0 Å². The van der Waals surface area contributed by atoms with E-state index in [-0.39, 0.29) is 17.8 Å². The van der Waals surface area contributed by atoms with Crippen molar-refractivity contribution >= 4 is 22.0 Å². The zero-order chi connectivity index (χ0) is 15.9. The van der Waals surface area contributed by atoms with Crippen molar-refractivity contribution < 1.29 is 22.0 Å². The monoisotopic (exact) mass is 329 g/mol. The molecule has 0 atom stereocenters. The van der Waals surface area contributed by atoms with Crippen molar-refractivity contribution in [2.45, 2.75) is 19.3 Å². The molecule has 2 aliphatic heterocycles. The fraction of sp³-hybridized carbons (Fsp3) is 0.385. The molecule has 0 saturated carbocycles. The Morgan fingerprint density at radius 1 is 1.32 bits per heavy atom. The first-order valence-electron chi connectivity index (χ1n) is 6.67. The highest BCUT2D eigenvalue weighted by Gasteiger charge is 2.37. The zero-order valence-electron chi connectivity index (χ0n) is 11.4. The van der Waals surface area contributed by atoms with E-state index in [0.29, 0.717) is 23.1 Å². The molecule has 1 fully saturated rings. The van der Waals surface area contributed by atoms with Crippen LogP contribution in [0.25, 0.3) is 0 Å². The topological polar surface area (TPSA) is 70.1 Å². The fourth-order valence-corrected chi connectivity index (χ4v) is 3.67. The molecule has 22 heavy (non-hydrogen) atoms. The lowest BCUT2D eigenvalue weighted by Gasteiger charge is -2.31. The summed E-state index contributed by atoms with van der Waals surface area (Å²) in [6, 6.07) is 4.80. The average molecular weight is 329 g/mol. The Balaban J connectivity index is 1.94. The smallest absolute Gasteiger partial charge is 0.340 e. The lowest BCUT2D eigenvalue weighted by Crippen LogP contribution is -2.48. The minimum absolute atomic E-state index is 0.0979. The highest BCUT2D eigenvalue weighted by Crippen LogP contribution is 2.25. The molecule has 1 aromatic rings. The molecule has 0 spiro atoms. The van der Waals surface area contributed by atoms with Crippen molar-refractivity contribution in [1.29, 1.82) is 0 Å². The van der Waals surface area contributed by atoms with Crippen molar-refractivity contribution in [3.05, 3.63) is 35.4 Å². The largest absolute Gasteiger partial charge is 0.350 e. The first-order valence-corrected chi connectivity index (χ1v) is 8.07. The first kappa shape index (κ1) is 14.9. The molecule has 9 heteroatoms. The third-order valence-corrected chi connectivity index (χ3v) is 4.88. The summed E-state index contributed by atoms with van der Waals surface area (Å²) in [6.45, 7) is 0.494. The average Bonchev–Trinajstić information content (AvgIpc) is 2.91. The SMILES string of the molecule is O=C(c1cccc(C(F)F)c1)N1CN2CCCC2=NS1(=O)=O. The number of amidine groups is 1. The summed E-state index contributed by atoms with van der Waals surface area (Å²) in [5.41, 5.74) is -0.426. The lowest BCUT2D eigenvalue weighted by molar-refractivity contribution is 0.0824. The Hall–Kier alpha value is -2.03. The second-order valence-electron chi connectivity index (χ2n) is 5.07. The second-order valence-corrected chi connectivity index (χ2v) is 6.59. The van der Waals surface area contributed by atoms with E-state index in [9.17, 15) is 22.0 Å². The Morgan fingerprint density at radius 3 is 2.82 bits per heavy atom. The molecular formula is C13H13F2N3O3S. The first-order chi connectivity index (χ1) is 10.4. The van der Waals surface area contributed by atoms with Gasteiger partial charge in [0, 0.05) is 24.1 Å². The number of carbonyl (C=O) groups is 1. The van der Waals surface area contributed by atoms with Crippen LogP contribution in [0.5, 0.6) is 0 Å². The molecule has 2 heterocycles. The Labute approximate surface area is 126 Å². The van der Waals surface area contributed by atoms with Crippen LogP contribution in [-0.4, -0.2) is 42.6 Å². The molecule has 6 nitrogen and oxygen atoms in total. The molecule has 0 N–H and O–H groups in total. The number of carbonyl (C=O) groups excluding carboxylic acids is 1. The molecule has 0 radical (unpaired) electrons. The lowest BCUT2D eigenvalue weighted by atomic mass is 10.1. The zero-order valence-corrected chi connectivity index (χ0v) is 12.3. The molecule has 118 valence electrons. The number of amides is 1. The van der Waals surface area contributed by atoms with E-state index in [1.54, 1.807) is 4.90 Å². The Bertz CT molecular complexity index is 749. The van der Waals surface area contributed by atoms with Gasteiger partial charge in [-0.1, -0.05) is 12.1 Å². The summed E-state index contributed by atoms with van der Waals surface area (Å²) in [6.07, 6.45) is -1.40. The molecule has 3 rings (SSSR count). The third-order valence-electron chi connectivity index (χ3n) is 3.60. The maximum Gasteiger partial charge on any atom is 0.350 e. The highest BCUT2D eigenvalue weighted by atomic mass is 32.2. The quantitative estimate of drug-likeness (QED) is 0.829. The molecule has 0 unspecified atom stereocenters. The minimum atomic E-state index is -4.12. The maximum absolute atomic E-state index is 12.7. The Morgan fingerprint density at radius 2 is 2.09 bits per heavy atom. The van der Waals surface area contributed by atoms with E-state index in [2.05, 4.69) is 4.40 Å². The summed E-state index contributed by atoms with van der Waals surface area (Å²) in [5.74, 6) is -0.400. The minimum Gasteiger partial charge on any atom is -0.340 e. The van der Waals surface area contributed by atoms with Crippen molar-refractivity contribution in [3.63, 3.8) is 0 Å². The molecule has 1 amide bonds. The third kappa shape index (κ3) is 2.56.